The number of rotatable bonds is 9. The Bertz CT molecular complexity index is 882. The molecule has 1 atom stereocenters. The SMILES string of the molecule is CCC(CS(=O)(=O)c1ccccc1)NC(=NC)NCCCn1nc(C)cc1C.I. The van der Waals surface area contributed by atoms with Gasteiger partial charge in [0.1, 0.15) is 0 Å². The van der Waals surface area contributed by atoms with Crippen molar-refractivity contribution in [3.05, 3.63) is 47.8 Å². The number of aromatic nitrogens is 2. The molecule has 0 spiro atoms. The molecule has 0 aliphatic heterocycles. The van der Waals surface area contributed by atoms with E-state index < -0.39 is 9.84 Å². The van der Waals surface area contributed by atoms with E-state index in [4.69, 9.17) is 0 Å². The van der Waals surface area contributed by atoms with Crippen LogP contribution in [0.1, 0.15) is 31.2 Å². The summed E-state index contributed by atoms with van der Waals surface area (Å²) in [6, 6.07) is 10.4. The first-order valence-electron chi connectivity index (χ1n) is 9.61. The summed E-state index contributed by atoms with van der Waals surface area (Å²) < 4.78 is 27.2. The van der Waals surface area contributed by atoms with Crippen LogP contribution in [0.5, 0.6) is 0 Å². The molecule has 0 aliphatic carbocycles. The third kappa shape index (κ3) is 7.96. The third-order valence-corrected chi connectivity index (χ3v) is 6.35. The lowest BCUT2D eigenvalue weighted by atomic mass is 10.2. The van der Waals surface area contributed by atoms with Gasteiger partial charge in [-0.3, -0.25) is 9.67 Å². The molecule has 1 aromatic carbocycles. The topological polar surface area (TPSA) is 88.4 Å². The lowest BCUT2D eigenvalue weighted by molar-refractivity contribution is 0.547. The Hall–Kier alpha value is -1.62. The maximum atomic E-state index is 12.6. The Labute approximate surface area is 191 Å². The second-order valence-corrected chi connectivity index (χ2v) is 8.88. The number of guanidine groups is 1. The Balaban J connectivity index is 0.00000420. The molecule has 2 N–H and O–H groups in total. The molecule has 0 saturated heterocycles. The number of nitrogens with zero attached hydrogens (tertiary/aromatic N) is 3. The highest BCUT2D eigenvalue weighted by Crippen LogP contribution is 2.12. The van der Waals surface area contributed by atoms with Crippen molar-refractivity contribution < 1.29 is 8.42 Å². The normalized spacial score (nSPS) is 12.9. The molecule has 7 nitrogen and oxygen atoms in total. The predicted molar refractivity (Wildman–Crippen MR) is 129 cm³/mol. The summed E-state index contributed by atoms with van der Waals surface area (Å²) in [6.45, 7) is 7.55. The molecule has 29 heavy (non-hydrogen) atoms. The van der Waals surface area contributed by atoms with Crippen LogP contribution in [0.3, 0.4) is 0 Å². The zero-order chi connectivity index (χ0) is 20.6. The number of benzene rings is 1. The van der Waals surface area contributed by atoms with Crippen LogP contribution in [0.15, 0.2) is 46.3 Å². The van der Waals surface area contributed by atoms with Crippen LogP contribution in [0.2, 0.25) is 0 Å². The number of aliphatic imine (C=N–C) groups is 1. The molecule has 1 unspecified atom stereocenters. The van der Waals surface area contributed by atoms with Gasteiger partial charge in [-0.1, -0.05) is 25.1 Å². The van der Waals surface area contributed by atoms with Crippen molar-refractivity contribution in [1.82, 2.24) is 20.4 Å². The quantitative estimate of drug-likeness (QED) is 0.224. The summed E-state index contributed by atoms with van der Waals surface area (Å²) in [5, 5.41) is 10.9. The minimum atomic E-state index is -3.35. The molecule has 162 valence electrons. The molecule has 0 bridgehead atoms. The summed E-state index contributed by atoms with van der Waals surface area (Å²) in [5.41, 5.74) is 2.17. The number of sulfone groups is 1. The summed E-state index contributed by atoms with van der Waals surface area (Å²) >= 11 is 0. The van der Waals surface area contributed by atoms with E-state index in [9.17, 15) is 8.42 Å². The standard InChI is InChI=1S/C20H31N5O2S.HI/c1-5-18(15-28(26,27)19-10-7-6-8-11-19)23-20(21-4)22-12-9-13-25-17(3)14-16(2)24-25;/h6-8,10-11,14,18H,5,9,12-13,15H2,1-4H3,(H2,21,22,23);1H. The van der Waals surface area contributed by atoms with Gasteiger partial charge in [0.05, 0.1) is 16.3 Å². The highest BCUT2D eigenvalue weighted by atomic mass is 127. The zero-order valence-corrected chi connectivity index (χ0v) is 20.7. The first-order chi connectivity index (χ1) is 13.4. The molecule has 1 aromatic heterocycles. The molecule has 0 radical (unpaired) electrons. The molecule has 0 amide bonds. The van der Waals surface area contributed by atoms with Crippen molar-refractivity contribution in [2.45, 2.75) is 51.1 Å². The Morgan fingerprint density at radius 2 is 1.93 bits per heavy atom. The fourth-order valence-corrected chi connectivity index (χ4v) is 4.59. The average molecular weight is 533 g/mol. The van der Waals surface area contributed by atoms with Crippen LogP contribution in [-0.4, -0.2) is 49.5 Å². The fourth-order valence-electron chi connectivity index (χ4n) is 2.98. The highest BCUT2D eigenvalue weighted by molar-refractivity contribution is 14.0. The molecule has 0 saturated carbocycles. The van der Waals surface area contributed by atoms with Gasteiger partial charge in [0, 0.05) is 31.9 Å². The smallest absolute Gasteiger partial charge is 0.191 e. The van der Waals surface area contributed by atoms with E-state index in [-0.39, 0.29) is 35.8 Å². The van der Waals surface area contributed by atoms with Gasteiger partial charge in [-0.25, -0.2) is 8.42 Å². The van der Waals surface area contributed by atoms with Crippen molar-refractivity contribution in [2.75, 3.05) is 19.3 Å². The molecule has 0 fully saturated rings. The van der Waals surface area contributed by atoms with Crippen LogP contribution in [0.4, 0.5) is 0 Å². The van der Waals surface area contributed by atoms with Gasteiger partial charge in [0.2, 0.25) is 0 Å². The number of halogens is 1. The maximum absolute atomic E-state index is 12.6. The number of hydrogen-bond donors (Lipinski definition) is 2. The van der Waals surface area contributed by atoms with Crippen LogP contribution in [-0.2, 0) is 16.4 Å². The van der Waals surface area contributed by atoms with Crippen molar-refractivity contribution in [1.29, 1.82) is 0 Å². The minimum absolute atomic E-state index is 0. The summed E-state index contributed by atoms with van der Waals surface area (Å²) in [4.78, 5) is 4.57. The average Bonchev–Trinajstić information content (AvgIpc) is 3.01. The zero-order valence-electron chi connectivity index (χ0n) is 17.6. The van der Waals surface area contributed by atoms with E-state index >= 15 is 0 Å². The lowest BCUT2D eigenvalue weighted by Crippen LogP contribution is -2.46. The monoisotopic (exact) mass is 533 g/mol. The molecular formula is C20H32IN5O2S. The lowest BCUT2D eigenvalue weighted by Gasteiger charge is -2.20. The number of nitrogens with one attached hydrogen (secondary N) is 2. The Morgan fingerprint density at radius 1 is 1.24 bits per heavy atom. The largest absolute Gasteiger partial charge is 0.356 e. The minimum Gasteiger partial charge on any atom is -0.356 e. The van der Waals surface area contributed by atoms with Crippen LogP contribution in [0.25, 0.3) is 0 Å². The van der Waals surface area contributed by atoms with Crippen molar-refractivity contribution in [2.24, 2.45) is 4.99 Å². The van der Waals surface area contributed by atoms with Gasteiger partial charge in [-0.2, -0.15) is 5.10 Å². The van der Waals surface area contributed by atoms with E-state index in [2.05, 4.69) is 26.8 Å². The Morgan fingerprint density at radius 3 is 2.48 bits per heavy atom. The third-order valence-electron chi connectivity index (χ3n) is 4.52. The predicted octanol–water partition coefficient (Wildman–Crippen LogP) is 2.93. The molecule has 1 heterocycles. The van der Waals surface area contributed by atoms with Crippen LogP contribution in [0, 0.1) is 13.8 Å². The maximum Gasteiger partial charge on any atom is 0.191 e. The second-order valence-electron chi connectivity index (χ2n) is 6.85. The van der Waals surface area contributed by atoms with E-state index in [0.717, 1.165) is 30.9 Å². The van der Waals surface area contributed by atoms with E-state index in [1.54, 1.807) is 31.3 Å². The van der Waals surface area contributed by atoms with Gasteiger partial charge >= 0.3 is 0 Å². The van der Waals surface area contributed by atoms with Gasteiger partial charge in [0.25, 0.3) is 0 Å². The van der Waals surface area contributed by atoms with Crippen LogP contribution < -0.4 is 10.6 Å². The van der Waals surface area contributed by atoms with Crippen molar-refractivity contribution >= 4 is 39.8 Å². The van der Waals surface area contributed by atoms with Crippen LogP contribution >= 0.6 is 24.0 Å². The molecule has 0 aliphatic rings. The number of hydrogen-bond acceptors (Lipinski definition) is 4. The Kier molecular flexibility index (Phi) is 10.7. The van der Waals surface area contributed by atoms with E-state index in [1.165, 1.54) is 0 Å². The fraction of sp³-hybridized carbons (Fsp3) is 0.500. The molecule has 2 aromatic rings. The van der Waals surface area contributed by atoms with Gasteiger partial charge in [-0.05, 0) is 44.9 Å². The molecular weight excluding hydrogens is 501 g/mol. The van der Waals surface area contributed by atoms with E-state index in [1.807, 2.05) is 31.5 Å². The highest BCUT2D eigenvalue weighted by Gasteiger charge is 2.20. The van der Waals surface area contributed by atoms with Gasteiger partial charge < -0.3 is 10.6 Å². The summed E-state index contributed by atoms with van der Waals surface area (Å²) in [6.07, 6.45) is 1.57. The molecule has 9 heteroatoms. The molecule has 2 rings (SSSR count). The number of aryl methyl sites for hydroxylation is 3. The van der Waals surface area contributed by atoms with Gasteiger partial charge in [-0.15, -0.1) is 24.0 Å². The summed E-state index contributed by atoms with van der Waals surface area (Å²) in [5.74, 6) is 0.642. The van der Waals surface area contributed by atoms with Gasteiger partial charge in [0.15, 0.2) is 15.8 Å². The second kappa shape index (κ2) is 12.2. The first-order valence-corrected chi connectivity index (χ1v) is 11.3. The van der Waals surface area contributed by atoms with Crippen molar-refractivity contribution in [3.8, 4) is 0 Å². The first kappa shape index (κ1) is 25.4. The van der Waals surface area contributed by atoms with Crippen molar-refractivity contribution in [3.63, 3.8) is 0 Å². The van der Waals surface area contributed by atoms with E-state index in [0.29, 0.717) is 17.3 Å². The summed E-state index contributed by atoms with van der Waals surface area (Å²) in [7, 11) is -1.66.